The third-order valence-corrected chi connectivity index (χ3v) is 3.74. The van der Waals surface area contributed by atoms with Crippen molar-refractivity contribution in [3.8, 4) is 11.3 Å². The number of aryl methyl sites for hydroxylation is 1. The van der Waals surface area contributed by atoms with E-state index in [2.05, 4.69) is 9.98 Å². The van der Waals surface area contributed by atoms with Gasteiger partial charge in [0.2, 0.25) is 5.91 Å². The molecule has 0 aliphatic carbocycles. The van der Waals surface area contributed by atoms with Gasteiger partial charge in [0.25, 0.3) is 0 Å². The Hall–Kier alpha value is -3.02. The second-order valence-electron chi connectivity index (χ2n) is 6.14. The molecule has 0 radical (unpaired) electrons. The largest absolute Gasteiger partial charge is 0.441 e. The summed E-state index contributed by atoms with van der Waals surface area (Å²) in [6, 6.07) is 11.9. The lowest BCUT2D eigenvalue weighted by atomic mass is 10.2. The first-order valence-corrected chi connectivity index (χ1v) is 8.49. The normalized spacial score (nSPS) is 11.9. The van der Waals surface area contributed by atoms with Crippen LogP contribution in [0.2, 0.25) is 0 Å². The summed E-state index contributed by atoms with van der Waals surface area (Å²) in [5.74, 6) is 0.283. The van der Waals surface area contributed by atoms with Crippen LogP contribution in [0.5, 0.6) is 0 Å². The zero-order valence-electron chi connectivity index (χ0n) is 14.7. The molecule has 6 heteroatoms. The van der Waals surface area contributed by atoms with Crippen molar-refractivity contribution in [2.75, 3.05) is 0 Å². The van der Waals surface area contributed by atoms with Gasteiger partial charge in [-0.25, -0.2) is 9.37 Å². The van der Waals surface area contributed by atoms with Crippen LogP contribution in [0.3, 0.4) is 0 Å². The maximum absolute atomic E-state index is 13.8. The number of carbonyl (C=O) groups is 1. The van der Waals surface area contributed by atoms with Crippen molar-refractivity contribution in [3.63, 3.8) is 0 Å². The molecule has 2 aromatic heterocycles. The summed E-state index contributed by atoms with van der Waals surface area (Å²) in [6.45, 7) is 3.91. The minimum Gasteiger partial charge on any atom is -0.441 e. The molecule has 0 saturated carbocycles. The van der Waals surface area contributed by atoms with Crippen LogP contribution in [0.4, 0.5) is 4.39 Å². The van der Waals surface area contributed by atoms with Crippen molar-refractivity contribution in [1.29, 1.82) is 0 Å². The molecule has 5 nitrogen and oxygen atoms in total. The van der Waals surface area contributed by atoms with Crippen LogP contribution in [-0.2, 0) is 6.42 Å². The molecule has 2 heterocycles. The molecule has 0 fully saturated rings. The Labute approximate surface area is 150 Å². The van der Waals surface area contributed by atoms with Crippen LogP contribution >= 0.6 is 0 Å². The van der Waals surface area contributed by atoms with E-state index in [4.69, 9.17) is 4.42 Å². The number of hydrogen-bond acceptors (Lipinski definition) is 4. The molecule has 0 aliphatic heterocycles. The van der Waals surface area contributed by atoms with Gasteiger partial charge in [0.1, 0.15) is 11.3 Å². The minimum absolute atomic E-state index is 0.0894. The van der Waals surface area contributed by atoms with Crippen molar-refractivity contribution in [2.45, 2.75) is 32.7 Å². The summed E-state index contributed by atoms with van der Waals surface area (Å²) in [7, 11) is 0. The molecule has 3 aromatic rings. The van der Waals surface area contributed by atoms with Gasteiger partial charge >= 0.3 is 0 Å². The topological polar surface area (TPSA) is 60.4 Å². The second-order valence-corrected chi connectivity index (χ2v) is 6.14. The quantitative estimate of drug-likeness (QED) is 0.700. The van der Waals surface area contributed by atoms with Crippen molar-refractivity contribution in [3.05, 3.63) is 72.1 Å². The molecule has 26 heavy (non-hydrogen) atoms. The standard InChI is InChI=1S/C20H20FN3O2/c1-14(2)23-18-9-5-6-12-24(18)20(25)11-10-19-22-13-17(26-19)15-7-3-4-8-16(15)21/h3-9,12-14H,10-11H2,1-2H3. The summed E-state index contributed by atoms with van der Waals surface area (Å²) in [5, 5.41) is 0. The van der Waals surface area contributed by atoms with Crippen molar-refractivity contribution < 1.29 is 13.6 Å². The Morgan fingerprint density at radius 2 is 2.00 bits per heavy atom. The highest BCUT2D eigenvalue weighted by molar-refractivity contribution is 5.78. The Kier molecular flexibility index (Phi) is 5.41. The number of carbonyl (C=O) groups excluding carboxylic acids is 1. The average Bonchev–Trinajstić information content (AvgIpc) is 3.09. The fourth-order valence-electron chi connectivity index (χ4n) is 2.56. The lowest BCUT2D eigenvalue weighted by Crippen LogP contribution is -2.27. The van der Waals surface area contributed by atoms with Crippen molar-refractivity contribution in [1.82, 2.24) is 9.55 Å². The molecular weight excluding hydrogens is 333 g/mol. The summed E-state index contributed by atoms with van der Waals surface area (Å²) < 4.78 is 20.9. The number of benzene rings is 1. The zero-order valence-corrected chi connectivity index (χ0v) is 14.7. The van der Waals surface area contributed by atoms with Crippen LogP contribution < -0.4 is 5.49 Å². The monoisotopic (exact) mass is 353 g/mol. The van der Waals surface area contributed by atoms with E-state index in [1.165, 1.54) is 16.8 Å². The number of pyridine rings is 1. The maximum atomic E-state index is 13.8. The van der Waals surface area contributed by atoms with Gasteiger partial charge < -0.3 is 4.42 Å². The van der Waals surface area contributed by atoms with E-state index in [1.54, 1.807) is 36.5 Å². The summed E-state index contributed by atoms with van der Waals surface area (Å²) in [4.78, 5) is 21.1. The number of hydrogen-bond donors (Lipinski definition) is 0. The predicted octanol–water partition coefficient (Wildman–Crippen LogP) is 3.86. The van der Waals surface area contributed by atoms with Gasteiger partial charge in [-0.3, -0.25) is 14.4 Å². The fraction of sp³-hybridized carbons (Fsp3) is 0.250. The van der Waals surface area contributed by atoms with Gasteiger partial charge in [0.05, 0.1) is 11.8 Å². The van der Waals surface area contributed by atoms with Crippen LogP contribution in [0.25, 0.3) is 11.3 Å². The average molecular weight is 353 g/mol. The molecule has 0 saturated heterocycles. The second kappa shape index (κ2) is 7.91. The fourth-order valence-corrected chi connectivity index (χ4v) is 2.56. The molecule has 0 amide bonds. The number of halogens is 1. The van der Waals surface area contributed by atoms with Gasteiger partial charge in [-0.05, 0) is 38.1 Å². The highest BCUT2D eigenvalue weighted by Gasteiger charge is 2.12. The number of rotatable bonds is 5. The van der Waals surface area contributed by atoms with E-state index < -0.39 is 0 Å². The highest BCUT2D eigenvalue weighted by Crippen LogP contribution is 2.23. The molecule has 0 atom stereocenters. The summed E-state index contributed by atoms with van der Waals surface area (Å²) in [5.41, 5.74) is 0.972. The van der Waals surface area contributed by atoms with Gasteiger partial charge in [-0.1, -0.05) is 18.2 Å². The van der Waals surface area contributed by atoms with E-state index in [1.807, 2.05) is 19.9 Å². The van der Waals surface area contributed by atoms with Crippen molar-refractivity contribution >= 4 is 5.91 Å². The Morgan fingerprint density at radius 1 is 1.23 bits per heavy atom. The van der Waals surface area contributed by atoms with Crippen LogP contribution in [-0.4, -0.2) is 21.5 Å². The van der Waals surface area contributed by atoms with Gasteiger partial charge in [-0.2, -0.15) is 0 Å². The third kappa shape index (κ3) is 4.14. The number of nitrogens with zero attached hydrogens (tertiary/aromatic N) is 3. The van der Waals surface area contributed by atoms with Crippen LogP contribution in [0, 0.1) is 5.82 Å². The SMILES string of the molecule is CC(C)N=c1ccccn1C(=O)CCc1ncc(-c2ccccc2F)o1. The molecule has 0 aliphatic rings. The first-order chi connectivity index (χ1) is 12.5. The summed E-state index contributed by atoms with van der Waals surface area (Å²) >= 11 is 0. The lowest BCUT2D eigenvalue weighted by Gasteiger charge is -2.06. The third-order valence-electron chi connectivity index (χ3n) is 3.74. The van der Waals surface area contributed by atoms with Crippen molar-refractivity contribution in [2.24, 2.45) is 4.99 Å². The summed E-state index contributed by atoms with van der Waals surface area (Å²) in [6.07, 6.45) is 3.72. The molecule has 3 rings (SSSR count). The molecule has 0 bridgehead atoms. The highest BCUT2D eigenvalue weighted by atomic mass is 19.1. The van der Waals surface area contributed by atoms with Crippen LogP contribution in [0.1, 0.15) is 31.0 Å². The predicted molar refractivity (Wildman–Crippen MR) is 96.0 cm³/mol. The maximum Gasteiger partial charge on any atom is 0.232 e. The smallest absolute Gasteiger partial charge is 0.232 e. The molecule has 0 unspecified atom stereocenters. The number of aromatic nitrogens is 2. The Morgan fingerprint density at radius 3 is 2.77 bits per heavy atom. The van der Waals surface area contributed by atoms with E-state index in [9.17, 15) is 9.18 Å². The molecular formula is C20H20FN3O2. The Balaban J connectivity index is 1.73. The van der Waals surface area contributed by atoms with E-state index >= 15 is 0 Å². The van der Waals surface area contributed by atoms with E-state index in [0.717, 1.165) is 0 Å². The number of oxazole rings is 1. The Bertz CT molecular complexity index is 973. The first kappa shape index (κ1) is 17.8. The molecule has 0 N–H and O–H groups in total. The minimum atomic E-state index is -0.369. The molecule has 0 spiro atoms. The van der Waals surface area contributed by atoms with E-state index in [-0.39, 0.29) is 24.2 Å². The first-order valence-electron chi connectivity index (χ1n) is 8.49. The van der Waals surface area contributed by atoms with Gasteiger partial charge in [-0.15, -0.1) is 0 Å². The van der Waals surface area contributed by atoms with Crippen LogP contribution in [0.15, 0.2) is 64.3 Å². The zero-order chi connectivity index (χ0) is 18.5. The lowest BCUT2D eigenvalue weighted by molar-refractivity contribution is 0.0894. The molecule has 134 valence electrons. The van der Waals surface area contributed by atoms with Gasteiger partial charge in [0.15, 0.2) is 11.7 Å². The van der Waals surface area contributed by atoms with E-state index in [0.29, 0.717) is 29.1 Å². The van der Waals surface area contributed by atoms with Gasteiger partial charge in [0, 0.05) is 25.1 Å². The molecule has 1 aromatic carbocycles.